The van der Waals surface area contributed by atoms with Crippen LogP contribution in [0.1, 0.15) is 68.2 Å². The SMILES string of the molecule is CC(C)(CC(=O)OC(C)(C)C)CC(=O)C(C)(C)C. The third kappa shape index (κ3) is 7.46. The Hall–Kier alpha value is -0.860. The van der Waals surface area contributed by atoms with Gasteiger partial charge in [0.15, 0.2) is 0 Å². The molecule has 0 aromatic heterocycles. The average Bonchev–Trinajstić information content (AvgIpc) is 1.94. The Balaban J connectivity index is 4.49. The van der Waals surface area contributed by atoms with Gasteiger partial charge in [-0.2, -0.15) is 0 Å². The van der Waals surface area contributed by atoms with E-state index in [9.17, 15) is 9.59 Å². The van der Waals surface area contributed by atoms with Crippen LogP contribution in [0.25, 0.3) is 0 Å². The molecule has 0 atom stereocenters. The molecule has 0 aliphatic rings. The normalized spacial score (nSPS) is 13.3. The van der Waals surface area contributed by atoms with Crippen LogP contribution in [0.2, 0.25) is 0 Å². The second kappa shape index (κ2) is 5.41. The van der Waals surface area contributed by atoms with Crippen LogP contribution in [0.15, 0.2) is 0 Å². The monoisotopic (exact) mass is 256 g/mol. The summed E-state index contributed by atoms with van der Waals surface area (Å²) < 4.78 is 5.29. The first-order valence-electron chi connectivity index (χ1n) is 6.48. The molecule has 3 heteroatoms. The largest absolute Gasteiger partial charge is 0.460 e. The molecule has 0 aromatic rings. The highest BCUT2D eigenvalue weighted by molar-refractivity contribution is 5.84. The topological polar surface area (TPSA) is 43.4 Å². The van der Waals surface area contributed by atoms with E-state index in [0.29, 0.717) is 6.42 Å². The summed E-state index contributed by atoms with van der Waals surface area (Å²) in [5, 5.41) is 0. The lowest BCUT2D eigenvalue weighted by molar-refractivity contribution is -0.157. The first kappa shape index (κ1) is 17.1. The lowest BCUT2D eigenvalue weighted by atomic mass is 9.77. The van der Waals surface area contributed by atoms with Crippen molar-refractivity contribution >= 4 is 11.8 Å². The van der Waals surface area contributed by atoms with Crippen molar-refractivity contribution in [3.8, 4) is 0 Å². The zero-order valence-corrected chi connectivity index (χ0v) is 13.1. The Labute approximate surface area is 111 Å². The third-order valence-electron chi connectivity index (χ3n) is 2.52. The van der Waals surface area contributed by atoms with Gasteiger partial charge in [0.1, 0.15) is 11.4 Å². The molecule has 0 fully saturated rings. The number of hydrogen-bond donors (Lipinski definition) is 0. The molecular weight excluding hydrogens is 228 g/mol. The number of carbonyl (C=O) groups is 2. The van der Waals surface area contributed by atoms with Gasteiger partial charge in [0, 0.05) is 11.8 Å². The zero-order chi connectivity index (χ0) is 14.8. The molecule has 0 saturated heterocycles. The average molecular weight is 256 g/mol. The Kier molecular flexibility index (Phi) is 5.16. The highest BCUT2D eigenvalue weighted by Gasteiger charge is 2.32. The summed E-state index contributed by atoms with van der Waals surface area (Å²) in [6.07, 6.45) is 0.668. The van der Waals surface area contributed by atoms with Crippen molar-refractivity contribution < 1.29 is 14.3 Å². The van der Waals surface area contributed by atoms with Crippen LogP contribution < -0.4 is 0 Å². The first-order chi connectivity index (χ1) is 7.73. The van der Waals surface area contributed by atoms with Gasteiger partial charge in [0.25, 0.3) is 0 Å². The number of carbonyl (C=O) groups excluding carboxylic acids is 2. The van der Waals surface area contributed by atoms with Gasteiger partial charge < -0.3 is 4.74 Å². The number of esters is 1. The lowest BCUT2D eigenvalue weighted by Crippen LogP contribution is -2.31. The molecule has 0 radical (unpaired) electrons. The third-order valence-corrected chi connectivity index (χ3v) is 2.52. The van der Waals surface area contributed by atoms with Gasteiger partial charge in [-0.3, -0.25) is 9.59 Å². The van der Waals surface area contributed by atoms with Crippen LogP contribution in [0.5, 0.6) is 0 Å². The van der Waals surface area contributed by atoms with Gasteiger partial charge >= 0.3 is 5.97 Å². The maximum Gasteiger partial charge on any atom is 0.306 e. The molecule has 0 unspecified atom stereocenters. The van der Waals surface area contributed by atoms with Crippen molar-refractivity contribution in [2.45, 2.75) is 73.8 Å². The molecule has 0 N–H and O–H groups in total. The van der Waals surface area contributed by atoms with Crippen molar-refractivity contribution in [1.82, 2.24) is 0 Å². The molecule has 106 valence electrons. The van der Waals surface area contributed by atoms with E-state index in [1.165, 1.54) is 0 Å². The summed E-state index contributed by atoms with van der Waals surface area (Å²) in [4.78, 5) is 23.8. The molecule has 3 nitrogen and oxygen atoms in total. The predicted molar refractivity (Wildman–Crippen MR) is 73.3 cm³/mol. The molecule has 0 heterocycles. The zero-order valence-electron chi connectivity index (χ0n) is 13.1. The summed E-state index contributed by atoms with van der Waals surface area (Å²) in [7, 11) is 0. The molecule has 0 rings (SSSR count). The van der Waals surface area contributed by atoms with Gasteiger partial charge in [-0.25, -0.2) is 0 Å². The van der Waals surface area contributed by atoms with Crippen LogP contribution in [0.3, 0.4) is 0 Å². The number of ketones is 1. The first-order valence-corrected chi connectivity index (χ1v) is 6.48. The molecule has 0 amide bonds. The van der Waals surface area contributed by atoms with Crippen LogP contribution in [0, 0.1) is 10.8 Å². The van der Waals surface area contributed by atoms with Gasteiger partial charge in [-0.05, 0) is 26.2 Å². The fourth-order valence-corrected chi connectivity index (χ4v) is 1.53. The molecule has 18 heavy (non-hydrogen) atoms. The van der Waals surface area contributed by atoms with Crippen molar-refractivity contribution in [3.05, 3.63) is 0 Å². The molecule has 0 aromatic carbocycles. The van der Waals surface area contributed by atoms with E-state index in [2.05, 4.69) is 0 Å². The van der Waals surface area contributed by atoms with E-state index in [1.54, 1.807) is 0 Å². The van der Waals surface area contributed by atoms with Crippen molar-refractivity contribution in [2.75, 3.05) is 0 Å². The van der Waals surface area contributed by atoms with E-state index in [1.807, 2.05) is 55.4 Å². The Bertz CT molecular complexity index is 314. The van der Waals surface area contributed by atoms with E-state index in [4.69, 9.17) is 4.74 Å². The van der Waals surface area contributed by atoms with Crippen LogP contribution in [0.4, 0.5) is 0 Å². The maximum absolute atomic E-state index is 12.0. The highest BCUT2D eigenvalue weighted by atomic mass is 16.6. The molecule has 0 spiro atoms. The maximum atomic E-state index is 12.0. The molecule has 0 aliphatic heterocycles. The number of ether oxygens (including phenoxy) is 1. The second-order valence-electron chi connectivity index (χ2n) is 7.78. The summed E-state index contributed by atoms with van der Waals surface area (Å²) in [5.74, 6) is -0.0646. The number of hydrogen-bond acceptors (Lipinski definition) is 3. The quantitative estimate of drug-likeness (QED) is 0.719. The van der Waals surface area contributed by atoms with Crippen LogP contribution in [-0.4, -0.2) is 17.4 Å². The van der Waals surface area contributed by atoms with E-state index < -0.39 is 5.60 Å². The van der Waals surface area contributed by atoms with E-state index in [0.717, 1.165) is 0 Å². The summed E-state index contributed by atoms with van der Waals surface area (Å²) in [6.45, 7) is 15.1. The number of Topliss-reactive ketones (excluding diaryl/α,β-unsaturated/α-hetero) is 1. The Morgan fingerprint density at radius 3 is 1.61 bits per heavy atom. The smallest absolute Gasteiger partial charge is 0.306 e. The lowest BCUT2D eigenvalue weighted by Gasteiger charge is -2.28. The molecule has 0 bridgehead atoms. The summed E-state index contributed by atoms with van der Waals surface area (Å²) >= 11 is 0. The fraction of sp³-hybridized carbons (Fsp3) is 0.867. The van der Waals surface area contributed by atoms with Crippen molar-refractivity contribution in [1.29, 1.82) is 0 Å². The highest BCUT2D eigenvalue weighted by Crippen LogP contribution is 2.31. The standard InChI is InChI=1S/C15H28O3/c1-13(2,3)11(16)9-15(7,8)10-12(17)18-14(4,5)6/h9-10H2,1-8H3. The fourth-order valence-electron chi connectivity index (χ4n) is 1.53. The molecular formula is C15H28O3. The Morgan fingerprint density at radius 2 is 1.28 bits per heavy atom. The number of rotatable bonds is 4. The minimum absolute atomic E-state index is 0.177. The van der Waals surface area contributed by atoms with Crippen LogP contribution in [-0.2, 0) is 14.3 Å². The van der Waals surface area contributed by atoms with Gasteiger partial charge in [-0.15, -0.1) is 0 Å². The van der Waals surface area contributed by atoms with E-state index >= 15 is 0 Å². The van der Waals surface area contributed by atoms with Gasteiger partial charge in [0.05, 0.1) is 6.42 Å². The minimum Gasteiger partial charge on any atom is -0.460 e. The molecule has 0 saturated carbocycles. The second-order valence-corrected chi connectivity index (χ2v) is 7.78. The van der Waals surface area contributed by atoms with Gasteiger partial charge in [-0.1, -0.05) is 34.6 Å². The summed E-state index contributed by atoms with van der Waals surface area (Å²) in [6, 6.07) is 0. The van der Waals surface area contributed by atoms with Gasteiger partial charge in [0.2, 0.25) is 0 Å². The predicted octanol–water partition coefficient (Wildman–Crippen LogP) is 3.75. The molecule has 0 aliphatic carbocycles. The van der Waals surface area contributed by atoms with Crippen LogP contribution >= 0.6 is 0 Å². The summed E-state index contributed by atoms with van der Waals surface area (Å²) in [5.41, 5.74) is -1.18. The van der Waals surface area contributed by atoms with E-state index in [-0.39, 0.29) is 29.0 Å². The van der Waals surface area contributed by atoms with Crippen molar-refractivity contribution in [3.63, 3.8) is 0 Å². The van der Waals surface area contributed by atoms with Crippen molar-refractivity contribution in [2.24, 2.45) is 10.8 Å². The minimum atomic E-state index is -0.471. The Morgan fingerprint density at radius 1 is 0.833 bits per heavy atom.